The molecule has 1 saturated heterocycles. The van der Waals surface area contributed by atoms with Gasteiger partial charge in [0.15, 0.2) is 6.29 Å². The van der Waals surface area contributed by atoms with Crippen LogP contribution in [0.15, 0.2) is 134 Å². The lowest BCUT2D eigenvalue weighted by molar-refractivity contribution is -0.305. The zero-order chi connectivity index (χ0) is 49.2. The molecule has 1 heterocycles. The van der Waals surface area contributed by atoms with E-state index < -0.39 is 43.4 Å². The number of hydrogen-bond donors (Lipinski definition) is 4. The van der Waals surface area contributed by atoms with E-state index >= 15 is 0 Å². The highest BCUT2D eigenvalue weighted by molar-refractivity contribution is 5.69. The number of ether oxygens (including phenoxy) is 4. The standard InChI is InChI=1S/C59H94O9/c1-3-5-7-9-11-13-15-17-19-21-23-25-26-27-29-31-33-35-37-39-41-43-45-47-49-65-51-53(52-66-59-58(64)57(63)56(62)54(50-60)68-59)67-55(61)48-46-44-42-40-38-36-34-32-30-28-24-22-20-18-16-14-12-10-8-6-4-2/h5-8,11-14,17-20,23-25,27-29,32-35,53-54,56-60,62-64H,3-4,9-10,15-16,21-22,26,30-31,36-52H2,1-2H3/b7-5-,8-6-,13-11-,14-12-,19-17-,20-18-,25-23-,28-24-,29-27-,34-32-,35-33-. The second-order valence-corrected chi connectivity index (χ2v) is 17.2. The van der Waals surface area contributed by atoms with Crippen molar-refractivity contribution in [3.05, 3.63) is 134 Å². The van der Waals surface area contributed by atoms with Gasteiger partial charge in [-0.15, -0.1) is 0 Å². The van der Waals surface area contributed by atoms with Crippen molar-refractivity contribution >= 4 is 5.97 Å². The summed E-state index contributed by atoms with van der Waals surface area (Å²) in [4.78, 5) is 12.9. The highest BCUT2D eigenvalue weighted by Gasteiger charge is 2.44. The Kier molecular flexibility index (Phi) is 44.3. The van der Waals surface area contributed by atoms with Gasteiger partial charge in [0.2, 0.25) is 0 Å². The van der Waals surface area contributed by atoms with Crippen LogP contribution in [0.5, 0.6) is 0 Å². The molecule has 0 aromatic carbocycles. The first-order valence-corrected chi connectivity index (χ1v) is 26.3. The summed E-state index contributed by atoms with van der Waals surface area (Å²) in [6, 6.07) is 0. The van der Waals surface area contributed by atoms with E-state index in [4.69, 9.17) is 18.9 Å². The molecule has 1 fully saturated rings. The predicted octanol–water partition coefficient (Wildman–Crippen LogP) is 13.3. The molecule has 6 atom stereocenters. The highest BCUT2D eigenvalue weighted by Crippen LogP contribution is 2.22. The van der Waals surface area contributed by atoms with Gasteiger partial charge in [0.1, 0.15) is 30.5 Å². The van der Waals surface area contributed by atoms with E-state index in [1.165, 1.54) is 0 Å². The summed E-state index contributed by atoms with van der Waals surface area (Å²) in [6.45, 7) is 4.23. The van der Waals surface area contributed by atoms with Gasteiger partial charge in [0, 0.05) is 13.0 Å². The van der Waals surface area contributed by atoms with Crippen LogP contribution in [0.4, 0.5) is 0 Å². The first-order chi connectivity index (χ1) is 33.4. The Morgan fingerprint density at radius 1 is 0.471 bits per heavy atom. The van der Waals surface area contributed by atoms with Crippen molar-refractivity contribution in [2.24, 2.45) is 0 Å². The maximum atomic E-state index is 12.9. The average Bonchev–Trinajstić information content (AvgIpc) is 3.34. The fraction of sp³-hybridized carbons (Fsp3) is 0.610. The molecule has 384 valence electrons. The summed E-state index contributed by atoms with van der Waals surface area (Å²) >= 11 is 0. The third kappa shape index (κ3) is 38.2. The van der Waals surface area contributed by atoms with Crippen molar-refractivity contribution in [2.75, 3.05) is 26.4 Å². The molecule has 0 spiro atoms. The van der Waals surface area contributed by atoms with Crippen LogP contribution in [0, 0.1) is 0 Å². The van der Waals surface area contributed by atoms with Gasteiger partial charge in [-0.25, -0.2) is 0 Å². The van der Waals surface area contributed by atoms with E-state index in [1.807, 2.05) is 0 Å². The molecule has 1 rings (SSSR count). The second-order valence-electron chi connectivity index (χ2n) is 17.2. The molecule has 6 unspecified atom stereocenters. The Morgan fingerprint density at radius 3 is 1.28 bits per heavy atom. The SMILES string of the molecule is CC/C=C\C/C=C\C/C=C\C/C=C\C/C=C\C/C=C\CCCCCCCOCC(COC1OC(CO)C(O)C(O)C1O)OC(=O)CCCCCCC/C=C\C/C=C\C/C=C\C/C=C\C/C=C\CC. The number of esters is 1. The topological polar surface area (TPSA) is 135 Å². The third-order valence-corrected chi connectivity index (χ3v) is 11.1. The molecule has 0 aromatic rings. The van der Waals surface area contributed by atoms with E-state index in [1.54, 1.807) is 0 Å². The highest BCUT2D eigenvalue weighted by atomic mass is 16.7. The number of rotatable bonds is 43. The number of hydrogen-bond acceptors (Lipinski definition) is 9. The molecule has 0 saturated carbocycles. The lowest BCUT2D eigenvalue weighted by atomic mass is 9.99. The number of allylic oxidation sites excluding steroid dienone is 22. The van der Waals surface area contributed by atoms with Gasteiger partial charge in [-0.05, 0) is 109 Å². The lowest BCUT2D eigenvalue weighted by Crippen LogP contribution is -2.59. The van der Waals surface area contributed by atoms with Gasteiger partial charge in [0.25, 0.3) is 0 Å². The number of aliphatic hydroxyl groups is 4. The maximum absolute atomic E-state index is 12.9. The molecule has 0 aromatic heterocycles. The van der Waals surface area contributed by atoms with Crippen LogP contribution in [0.2, 0.25) is 0 Å². The second kappa shape index (κ2) is 48.4. The fourth-order valence-electron chi connectivity index (χ4n) is 7.05. The van der Waals surface area contributed by atoms with Gasteiger partial charge in [-0.1, -0.05) is 186 Å². The molecular weight excluding hydrogens is 853 g/mol. The predicted molar refractivity (Wildman–Crippen MR) is 283 cm³/mol. The number of unbranched alkanes of at least 4 members (excludes halogenated alkanes) is 10. The summed E-state index contributed by atoms with van der Waals surface area (Å²) in [5, 5.41) is 40.3. The molecule has 9 nitrogen and oxygen atoms in total. The Hall–Kier alpha value is -3.67. The molecule has 0 bridgehead atoms. The van der Waals surface area contributed by atoms with Gasteiger partial charge in [0.05, 0.1) is 19.8 Å². The summed E-state index contributed by atoms with van der Waals surface area (Å²) < 4.78 is 22.9. The van der Waals surface area contributed by atoms with Crippen LogP contribution in [-0.4, -0.2) is 89.6 Å². The summed E-state index contributed by atoms with van der Waals surface area (Å²) in [5.41, 5.74) is 0. The quantitative estimate of drug-likeness (QED) is 0.0268. The van der Waals surface area contributed by atoms with E-state index in [0.717, 1.165) is 148 Å². The Morgan fingerprint density at radius 2 is 0.853 bits per heavy atom. The minimum Gasteiger partial charge on any atom is -0.457 e. The van der Waals surface area contributed by atoms with Crippen molar-refractivity contribution in [3.8, 4) is 0 Å². The van der Waals surface area contributed by atoms with Crippen LogP contribution >= 0.6 is 0 Å². The van der Waals surface area contributed by atoms with Crippen LogP contribution in [0.3, 0.4) is 0 Å². The summed E-state index contributed by atoms with van der Waals surface area (Å²) in [5.74, 6) is -0.346. The maximum Gasteiger partial charge on any atom is 0.306 e. The molecule has 0 amide bonds. The molecule has 1 aliphatic heterocycles. The third-order valence-electron chi connectivity index (χ3n) is 11.1. The summed E-state index contributed by atoms with van der Waals surface area (Å²) in [7, 11) is 0. The zero-order valence-electron chi connectivity index (χ0n) is 42.3. The Labute approximate surface area is 413 Å². The van der Waals surface area contributed by atoms with E-state index in [9.17, 15) is 25.2 Å². The molecule has 4 N–H and O–H groups in total. The van der Waals surface area contributed by atoms with E-state index in [-0.39, 0.29) is 25.6 Å². The first-order valence-electron chi connectivity index (χ1n) is 26.3. The van der Waals surface area contributed by atoms with E-state index in [0.29, 0.717) is 6.61 Å². The average molecular weight is 947 g/mol. The first kappa shape index (κ1) is 62.3. The van der Waals surface area contributed by atoms with Crippen molar-refractivity contribution in [3.63, 3.8) is 0 Å². The van der Waals surface area contributed by atoms with Gasteiger partial charge in [-0.3, -0.25) is 4.79 Å². The number of carbonyl (C=O) groups is 1. The number of aliphatic hydroxyl groups excluding tert-OH is 4. The minimum absolute atomic E-state index is 0.113. The van der Waals surface area contributed by atoms with Crippen molar-refractivity contribution in [2.45, 2.75) is 205 Å². The molecule has 9 heteroatoms. The van der Waals surface area contributed by atoms with E-state index in [2.05, 4.69) is 148 Å². The van der Waals surface area contributed by atoms with Gasteiger partial charge < -0.3 is 39.4 Å². The molecule has 68 heavy (non-hydrogen) atoms. The van der Waals surface area contributed by atoms with Crippen LogP contribution < -0.4 is 0 Å². The zero-order valence-corrected chi connectivity index (χ0v) is 42.3. The molecular formula is C59H94O9. The minimum atomic E-state index is -1.55. The van der Waals surface area contributed by atoms with Crippen molar-refractivity contribution in [1.82, 2.24) is 0 Å². The fourth-order valence-corrected chi connectivity index (χ4v) is 7.05. The Bertz CT molecular complexity index is 1500. The molecule has 1 aliphatic rings. The molecule has 0 radical (unpaired) electrons. The monoisotopic (exact) mass is 947 g/mol. The van der Waals surface area contributed by atoms with Crippen LogP contribution in [-0.2, 0) is 23.7 Å². The molecule has 0 aliphatic carbocycles. The lowest BCUT2D eigenvalue weighted by Gasteiger charge is -2.39. The van der Waals surface area contributed by atoms with Crippen molar-refractivity contribution < 1.29 is 44.2 Å². The Balaban J connectivity index is 2.26. The van der Waals surface area contributed by atoms with Crippen molar-refractivity contribution in [1.29, 1.82) is 0 Å². The largest absolute Gasteiger partial charge is 0.457 e. The number of carbonyl (C=O) groups excluding carboxylic acids is 1. The smallest absolute Gasteiger partial charge is 0.306 e. The van der Waals surface area contributed by atoms with Crippen LogP contribution in [0.1, 0.15) is 168 Å². The van der Waals surface area contributed by atoms with Gasteiger partial charge in [-0.2, -0.15) is 0 Å². The normalized spacial score (nSPS) is 20.2. The van der Waals surface area contributed by atoms with Crippen LogP contribution in [0.25, 0.3) is 0 Å². The summed E-state index contributed by atoms with van der Waals surface area (Å²) in [6.07, 6.45) is 64.8. The van der Waals surface area contributed by atoms with Gasteiger partial charge >= 0.3 is 5.97 Å².